The second-order valence-electron chi connectivity index (χ2n) is 9.36. The van der Waals surface area contributed by atoms with Crippen molar-refractivity contribution >= 4 is 12.0 Å². The number of piperazine rings is 1. The molecule has 1 aromatic rings. The number of hydrogen-bond donors (Lipinski definition) is 1. The van der Waals surface area contributed by atoms with E-state index in [-0.39, 0.29) is 17.5 Å². The summed E-state index contributed by atoms with van der Waals surface area (Å²) in [7, 11) is 2.14. The molecule has 0 radical (unpaired) electrons. The molecule has 1 aromatic heterocycles. The second-order valence-corrected chi connectivity index (χ2v) is 9.36. The Morgan fingerprint density at radius 1 is 1.20 bits per heavy atom. The first-order valence-electron chi connectivity index (χ1n) is 11.1. The third-order valence-corrected chi connectivity index (χ3v) is 6.07. The van der Waals surface area contributed by atoms with Crippen LogP contribution in [0.3, 0.4) is 0 Å². The number of amides is 1. The number of nitrogens with one attached hydrogen (secondary N) is 1. The van der Waals surface area contributed by atoms with Crippen molar-refractivity contribution in [1.82, 2.24) is 19.7 Å². The summed E-state index contributed by atoms with van der Waals surface area (Å²) in [5.41, 5.74) is 3.36. The molecule has 30 heavy (non-hydrogen) atoms. The first-order chi connectivity index (χ1) is 14.1. The molecule has 0 aliphatic carbocycles. The predicted octanol–water partition coefficient (Wildman–Crippen LogP) is 3.06. The molecule has 0 aromatic carbocycles. The summed E-state index contributed by atoms with van der Waals surface area (Å²) in [5.74, 6) is 0.678. The summed E-state index contributed by atoms with van der Waals surface area (Å²) in [6.45, 7) is 18.5. The number of nitrogens with zero attached hydrogens (tertiary/aromatic N) is 4. The molecule has 1 fully saturated rings. The topological polar surface area (TPSA) is 64.3 Å². The van der Waals surface area contributed by atoms with E-state index >= 15 is 0 Å². The Hall–Kier alpha value is -2.10. The smallest absolute Gasteiger partial charge is 0.262 e. The van der Waals surface area contributed by atoms with Gasteiger partial charge >= 0.3 is 0 Å². The highest BCUT2D eigenvalue weighted by atomic mass is 16.1. The van der Waals surface area contributed by atoms with Crippen LogP contribution in [0.1, 0.15) is 44.6 Å². The molecule has 2 heterocycles. The Bertz CT molecular complexity index is 791. The molecule has 1 saturated heterocycles. The number of nitriles is 1. The first kappa shape index (κ1) is 24.2. The van der Waals surface area contributed by atoms with Crippen LogP contribution in [0.5, 0.6) is 0 Å². The minimum Gasteiger partial charge on any atom is -0.350 e. The number of aromatic nitrogens is 1. The number of carbonyl (C=O) groups is 1. The average molecular weight is 414 g/mol. The fourth-order valence-corrected chi connectivity index (χ4v) is 4.16. The molecule has 1 N–H and O–H groups in total. The van der Waals surface area contributed by atoms with Crippen molar-refractivity contribution < 1.29 is 4.79 Å². The van der Waals surface area contributed by atoms with E-state index in [1.165, 1.54) is 0 Å². The van der Waals surface area contributed by atoms with E-state index in [2.05, 4.69) is 80.4 Å². The SMILES string of the molecule is Cc1cc(/C=C(/C#N)C(=O)NCC(C(C)C)N2CCN(C)CC2)c(C)n1CC(C)C. The third kappa shape index (κ3) is 6.20. The molecule has 0 bridgehead atoms. The van der Waals surface area contributed by atoms with Gasteiger partial charge in [-0.2, -0.15) is 5.26 Å². The Kier molecular flexibility index (Phi) is 8.69. The maximum absolute atomic E-state index is 12.8. The van der Waals surface area contributed by atoms with Crippen LogP contribution in [0.15, 0.2) is 11.6 Å². The van der Waals surface area contributed by atoms with Crippen LogP contribution in [0.25, 0.3) is 6.08 Å². The van der Waals surface area contributed by atoms with Crippen molar-refractivity contribution in [3.63, 3.8) is 0 Å². The normalized spacial score (nSPS) is 17.4. The van der Waals surface area contributed by atoms with E-state index in [1.807, 2.05) is 0 Å². The zero-order valence-corrected chi connectivity index (χ0v) is 19.8. The van der Waals surface area contributed by atoms with Crippen molar-refractivity contribution in [3.8, 4) is 6.07 Å². The molecular weight excluding hydrogens is 374 g/mol. The Morgan fingerprint density at radius 2 is 1.83 bits per heavy atom. The summed E-state index contributed by atoms with van der Waals surface area (Å²) in [4.78, 5) is 17.6. The van der Waals surface area contributed by atoms with Crippen molar-refractivity contribution in [2.45, 2.75) is 54.1 Å². The van der Waals surface area contributed by atoms with Crippen LogP contribution in [-0.4, -0.2) is 66.1 Å². The van der Waals surface area contributed by atoms with Gasteiger partial charge in [-0.15, -0.1) is 0 Å². The number of aryl methyl sites for hydroxylation is 1. The lowest BCUT2D eigenvalue weighted by Crippen LogP contribution is -2.54. The summed E-state index contributed by atoms with van der Waals surface area (Å²) >= 11 is 0. The van der Waals surface area contributed by atoms with Crippen LogP contribution in [0.2, 0.25) is 0 Å². The molecule has 1 amide bonds. The molecule has 6 nitrogen and oxygen atoms in total. The summed E-state index contributed by atoms with van der Waals surface area (Å²) in [6.07, 6.45) is 1.73. The lowest BCUT2D eigenvalue weighted by Gasteiger charge is -2.39. The van der Waals surface area contributed by atoms with Gasteiger partial charge in [0.05, 0.1) is 0 Å². The van der Waals surface area contributed by atoms with Gasteiger partial charge in [0.2, 0.25) is 0 Å². The van der Waals surface area contributed by atoms with Gasteiger partial charge in [0, 0.05) is 56.7 Å². The van der Waals surface area contributed by atoms with E-state index < -0.39 is 0 Å². The highest BCUT2D eigenvalue weighted by molar-refractivity contribution is 6.01. The molecule has 0 spiro atoms. The molecular formula is C24H39N5O. The zero-order chi connectivity index (χ0) is 22.4. The summed E-state index contributed by atoms with van der Waals surface area (Å²) in [5, 5.41) is 12.6. The zero-order valence-electron chi connectivity index (χ0n) is 19.8. The molecule has 0 saturated carbocycles. The maximum Gasteiger partial charge on any atom is 0.262 e. The van der Waals surface area contributed by atoms with Gasteiger partial charge in [-0.3, -0.25) is 9.69 Å². The van der Waals surface area contributed by atoms with Gasteiger partial charge in [-0.1, -0.05) is 27.7 Å². The Labute approximate surface area is 182 Å². The van der Waals surface area contributed by atoms with Gasteiger partial charge in [-0.05, 0) is 50.4 Å². The van der Waals surface area contributed by atoms with E-state index in [0.29, 0.717) is 18.4 Å². The van der Waals surface area contributed by atoms with Gasteiger partial charge in [0.1, 0.15) is 11.6 Å². The van der Waals surface area contributed by atoms with E-state index in [1.54, 1.807) is 6.08 Å². The highest BCUT2D eigenvalue weighted by Crippen LogP contribution is 2.20. The lowest BCUT2D eigenvalue weighted by molar-refractivity contribution is -0.117. The van der Waals surface area contributed by atoms with E-state index in [4.69, 9.17) is 0 Å². The molecule has 1 unspecified atom stereocenters. The largest absolute Gasteiger partial charge is 0.350 e. The third-order valence-electron chi connectivity index (χ3n) is 6.07. The quantitative estimate of drug-likeness (QED) is 0.525. The second kappa shape index (κ2) is 10.8. The van der Waals surface area contributed by atoms with Crippen LogP contribution in [-0.2, 0) is 11.3 Å². The number of hydrogen-bond acceptors (Lipinski definition) is 4. The van der Waals surface area contributed by atoms with E-state index in [0.717, 1.165) is 49.7 Å². The van der Waals surface area contributed by atoms with Crippen LogP contribution in [0, 0.1) is 37.0 Å². The predicted molar refractivity (Wildman–Crippen MR) is 123 cm³/mol. The van der Waals surface area contributed by atoms with Crippen molar-refractivity contribution in [3.05, 3.63) is 28.6 Å². The average Bonchev–Trinajstić information content (AvgIpc) is 2.94. The minimum absolute atomic E-state index is 0.167. The van der Waals surface area contributed by atoms with Crippen LogP contribution in [0.4, 0.5) is 0 Å². The van der Waals surface area contributed by atoms with Crippen molar-refractivity contribution in [2.24, 2.45) is 11.8 Å². The summed E-state index contributed by atoms with van der Waals surface area (Å²) in [6, 6.07) is 4.44. The first-order valence-corrected chi connectivity index (χ1v) is 11.1. The Morgan fingerprint density at radius 3 is 2.37 bits per heavy atom. The molecule has 2 rings (SSSR count). The number of carbonyl (C=O) groups excluding carboxylic acids is 1. The van der Waals surface area contributed by atoms with Crippen LogP contribution >= 0.6 is 0 Å². The standard InChI is InChI=1S/C24H39N5O/c1-17(2)16-29-19(5)12-21(20(29)6)13-22(14-25)24(30)26-15-23(18(3)4)28-10-8-27(7)9-11-28/h12-13,17-18,23H,8-11,15-16H2,1-7H3,(H,26,30)/b22-13-. The fraction of sp³-hybridized carbons (Fsp3) is 0.667. The highest BCUT2D eigenvalue weighted by Gasteiger charge is 2.25. The van der Waals surface area contributed by atoms with Gasteiger partial charge in [0.25, 0.3) is 5.91 Å². The summed E-state index contributed by atoms with van der Waals surface area (Å²) < 4.78 is 2.26. The van der Waals surface area contributed by atoms with Crippen LogP contribution < -0.4 is 5.32 Å². The van der Waals surface area contributed by atoms with Crippen molar-refractivity contribution in [2.75, 3.05) is 39.8 Å². The molecule has 6 heteroatoms. The molecule has 1 aliphatic rings. The fourth-order valence-electron chi connectivity index (χ4n) is 4.16. The minimum atomic E-state index is -0.286. The number of likely N-dealkylation sites (N-methyl/N-ethyl adjacent to an activating group) is 1. The molecule has 1 aliphatic heterocycles. The van der Waals surface area contributed by atoms with Gasteiger partial charge < -0.3 is 14.8 Å². The molecule has 166 valence electrons. The lowest BCUT2D eigenvalue weighted by atomic mass is 10.0. The molecule has 1 atom stereocenters. The maximum atomic E-state index is 12.8. The monoisotopic (exact) mass is 413 g/mol. The van der Waals surface area contributed by atoms with Gasteiger partial charge in [-0.25, -0.2) is 0 Å². The van der Waals surface area contributed by atoms with Gasteiger partial charge in [0.15, 0.2) is 0 Å². The van der Waals surface area contributed by atoms with Crippen molar-refractivity contribution in [1.29, 1.82) is 5.26 Å². The van der Waals surface area contributed by atoms with E-state index in [9.17, 15) is 10.1 Å². The Balaban J connectivity index is 2.10. The number of rotatable bonds is 8.